The number of ketones is 1. The highest BCUT2D eigenvalue weighted by Crippen LogP contribution is 1.98. The molecule has 3 nitrogen and oxygen atoms in total. The lowest BCUT2D eigenvalue weighted by Gasteiger charge is -2.15. The van der Waals surface area contributed by atoms with Gasteiger partial charge in [0.05, 0.1) is 6.42 Å². The van der Waals surface area contributed by atoms with E-state index < -0.39 is 15.1 Å². The smallest absolute Gasteiger partial charge is 0.376 e. The third-order valence-corrected chi connectivity index (χ3v) is 3.06. The molecule has 0 saturated carbocycles. The summed E-state index contributed by atoms with van der Waals surface area (Å²) in [5, 5.41) is 9.21. The van der Waals surface area contributed by atoms with Crippen LogP contribution in [0.25, 0.3) is 0 Å². The van der Waals surface area contributed by atoms with E-state index in [-0.39, 0.29) is 5.78 Å². The fraction of sp³-hybridized carbons (Fsp3) is 0.727. The Labute approximate surface area is 100 Å². The highest BCUT2D eigenvalue weighted by atomic mass is 28.3. The molecule has 0 atom stereocenters. The van der Waals surface area contributed by atoms with E-state index in [1.807, 2.05) is 0 Å². The van der Waals surface area contributed by atoms with Crippen molar-refractivity contribution in [2.24, 2.45) is 0 Å². The topological polar surface area (TPSA) is 40.5 Å². The first kappa shape index (κ1) is 15.4. The standard InChI is InChI=1S/C11H22BNO2Si/c1-12(15)13(2)9-8-11(14)7-6-10-16(3,4)5/h15H,7-9H2,1-5H3. The molecule has 0 aromatic carbocycles. The van der Waals surface area contributed by atoms with Crippen LogP contribution in [0.3, 0.4) is 0 Å². The van der Waals surface area contributed by atoms with Crippen molar-refractivity contribution in [2.75, 3.05) is 13.6 Å². The zero-order valence-electron chi connectivity index (χ0n) is 11.0. The monoisotopic (exact) mass is 239 g/mol. The Bertz CT molecular complexity index is 289. The minimum atomic E-state index is -1.35. The van der Waals surface area contributed by atoms with Gasteiger partial charge >= 0.3 is 7.05 Å². The molecule has 16 heavy (non-hydrogen) atoms. The molecule has 0 amide bonds. The van der Waals surface area contributed by atoms with Crippen LogP contribution in [0.1, 0.15) is 12.8 Å². The second-order valence-corrected chi connectivity index (χ2v) is 9.88. The van der Waals surface area contributed by atoms with Gasteiger partial charge in [-0.05, 0) is 20.4 Å². The highest BCUT2D eigenvalue weighted by molar-refractivity contribution is 6.83. The third kappa shape index (κ3) is 8.72. The molecular weight excluding hydrogens is 217 g/mol. The Morgan fingerprint density at radius 3 is 2.44 bits per heavy atom. The first-order chi connectivity index (χ1) is 7.22. The van der Waals surface area contributed by atoms with Gasteiger partial charge in [-0.2, -0.15) is 0 Å². The summed E-state index contributed by atoms with van der Waals surface area (Å²) in [5.41, 5.74) is 3.17. The van der Waals surface area contributed by atoms with Crippen LogP contribution >= 0.6 is 0 Å². The summed E-state index contributed by atoms with van der Waals surface area (Å²) in [4.78, 5) is 13.2. The number of Topliss-reactive ketones (excluding diaryl/α,β-unsaturated/α-hetero) is 1. The largest absolute Gasteiger partial charge is 0.437 e. The maximum atomic E-state index is 11.5. The Balaban J connectivity index is 3.87. The van der Waals surface area contributed by atoms with Crippen LogP contribution in [0.5, 0.6) is 0 Å². The molecule has 0 bridgehead atoms. The molecule has 0 aliphatic rings. The molecule has 1 N–H and O–H groups in total. The second-order valence-electron chi connectivity index (χ2n) is 5.13. The predicted octanol–water partition coefficient (Wildman–Crippen LogP) is 1.26. The van der Waals surface area contributed by atoms with Crippen molar-refractivity contribution in [2.45, 2.75) is 39.3 Å². The molecule has 0 aliphatic heterocycles. The molecule has 0 fully saturated rings. The highest BCUT2D eigenvalue weighted by Gasteiger charge is 2.12. The quantitative estimate of drug-likeness (QED) is 0.580. The average Bonchev–Trinajstić information content (AvgIpc) is 2.11. The predicted molar refractivity (Wildman–Crippen MR) is 71.8 cm³/mol. The van der Waals surface area contributed by atoms with E-state index >= 15 is 0 Å². The normalized spacial score (nSPS) is 10.9. The Morgan fingerprint density at radius 1 is 1.44 bits per heavy atom. The average molecular weight is 239 g/mol. The minimum absolute atomic E-state index is 0.151. The molecule has 0 saturated heterocycles. The molecule has 0 rings (SSSR count). The molecule has 0 aromatic rings. The van der Waals surface area contributed by atoms with Gasteiger partial charge in [0.1, 0.15) is 13.9 Å². The number of nitrogens with zero attached hydrogens (tertiary/aromatic N) is 1. The van der Waals surface area contributed by atoms with E-state index in [9.17, 15) is 9.82 Å². The Morgan fingerprint density at radius 2 is 2.00 bits per heavy atom. The van der Waals surface area contributed by atoms with Crippen LogP contribution < -0.4 is 0 Å². The van der Waals surface area contributed by atoms with Crippen molar-refractivity contribution < 1.29 is 9.82 Å². The summed E-state index contributed by atoms with van der Waals surface area (Å²) < 4.78 is 0. The SMILES string of the molecule is CB(O)N(C)CCC(=O)CC#C[Si](C)(C)C. The zero-order chi connectivity index (χ0) is 12.8. The number of hydrogen-bond donors (Lipinski definition) is 1. The molecule has 0 heterocycles. The molecule has 0 aliphatic carbocycles. The number of carbonyl (C=O) groups excluding carboxylic acids is 1. The molecule has 0 unspecified atom stereocenters. The second kappa shape index (κ2) is 6.90. The summed E-state index contributed by atoms with van der Waals surface area (Å²) in [6.45, 7) is 8.75. The molecule has 0 radical (unpaired) electrons. The van der Waals surface area contributed by atoms with Crippen molar-refractivity contribution in [1.29, 1.82) is 0 Å². The van der Waals surface area contributed by atoms with Crippen LogP contribution in [0.2, 0.25) is 26.5 Å². The van der Waals surface area contributed by atoms with E-state index in [0.29, 0.717) is 19.4 Å². The lowest BCUT2D eigenvalue weighted by Crippen LogP contribution is -2.34. The van der Waals surface area contributed by atoms with Crippen LogP contribution in [0, 0.1) is 11.5 Å². The van der Waals surface area contributed by atoms with Gasteiger partial charge in [0.25, 0.3) is 0 Å². The van der Waals surface area contributed by atoms with Gasteiger partial charge in [-0.1, -0.05) is 19.6 Å². The first-order valence-electron chi connectivity index (χ1n) is 5.62. The number of rotatable bonds is 5. The number of carbonyl (C=O) groups is 1. The summed E-state index contributed by atoms with van der Waals surface area (Å²) in [6.07, 6.45) is 0.805. The van der Waals surface area contributed by atoms with Crippen LogP contribution in [-0.2, 0) is 4.79 Å². The van der Waals surface area contributed by atoms with Crippen molar-refractivity contribution >= 4 is 20.9 Å². The lowest BCUT2D eigenvalue weighted by molar-refractivity contribution is -0.118. The zero-order valence-corrected chi connectivity index (χ0v) is 12.0. The van der Waals surface area contributed by atoms with Crippen molar-refractivity contribution in [3.05, 3.63) is 0 Å². The fourth-order valence-electron chi connectivity index (χ4n) is 0.984. The first-order valence-corrected chi connectivity index (χ1v) is 9.12. The number of hydrogen-bond acceptors (Lipinski definition) is 3. The van der Waals surface area contributed by atoms with Crippen LogP contribution in [-0.4, -0.2) is 44.3 Å². The van der Waals surface area contributed by atoms with Gasteiger partial charge in [0, 0.05) is 6.42 Å². The van der Waals surface area contributed by atoms with E-state index in [0.717, 1.165) is 0 Å². The van der Waals surface area contributed by atoms with Crippen molar-refractivity contribution in [3.63, 3.8) is 0 Å². The summed E-state index contributed by atoms with van der Waals surface area (Å²) in [7, 11) is -0.0523. The van der Waals surface area contributed by atoms with Crippen LogP contribution in [0.15, 0.2) is 0 Å². The van der Waals surface area contributed by atoms with Crippen LogP contribution in [0.4, 0.5) is 0 Å². The van der Waals surface area contributed by atoms with Gasteiger partial charge in [0.15, 0.2) is 0 Å². The maximum Gasteiger partial charge on any atom is 0.376 e. The van der Waals surface area contributed by atoms with E-state index in [1.54, 1.807) is 18.7 Å². The summed E-state index contributed by atoms with van der Waals surface area (Å²) >= 11 is 0. The van der Waals surface area contributed by atoms with Crippen molar-refractivity contribution in [1.82, 2.24) is 4.81 Å². The van der Waals surface area contributed by atoms with Crippen molar-refractivity contribution in [3.8, 4) is 11.5 Å². The lowest BCUT2D eigenvalue weighted by atomic mass is 9.85. The van der Waals surface area contributed by atoms with Gasteiger partial charge in [-0.15, -0.1) is 11.5 Å². The maximum absolute atomic E-state index is 11.5. The minimum Gasteiger partial charge on any atom is -0.437 e. The van der Waals surface area contributed by atoms with Gasteiger partial charge in [-0.25, -0.2) is 0 Å². The van der Waals surface area contributed by atoms with Gasteiger partial charge in [-0.3, -0.25) is 4.79 Å². The summed E-state index contributed by atoms with van der Waals surface area (Å²) in [6, 6.07) is 0. The van der Waals surface area contributed by atoms with E-state index in [1.165, 1.54) is 0 Å². The molecule has 0 spiro atoms. The Hall–Kier alpha value is -0.568. The third-order valence-electron chi connectivity index (χ3n) is 2.13. The molecule has 90 valence electrons. The molecule has 0 aromatic heterocycles. The summed E-state index contributed by atoms with van der Waals surface area (Å²) in [5.74, 6) is 3.11. The molecule has 5 heteroatoms. The molecular formula is C11H22BNO2Si. The Kier molecular flexibility index (Phi) is 6.65. The van der Waals surface area contributed by atoms with E-state index in [4.69, 9.17) is 0 Å². The van der Waals surface area contributed by atoms with E-state index in [2.05, 4.69) is 31.1 Å². The van der Waals surface area contributed by atoms with Gasteiger partial charge < -0.3 is 9.83 Å². The van der Waals surface area contributed by atoms with Gasteiger partial charge in [0.2, 0.25) is 0 Å². The fourth-order valence-corrected chi connectivity index (χ4v) is 1.60.